The van der Waals surface area contributed by atoms with Crippen molar-refractivity contribution in [3.63, 3.8) is 0 Å². The maximum Gasteiger partial charge on any atom is 1.00 e. The van der Waals surface area contributed by atoms with E-state index in [1.54, 1.807) is 37.4 Å². The van der Waals surface area contributed by atoms with Gasteiger partial charge in [-0.2, -0.15) is 0 Å². The van der Waals surface area contributed by atoms with Gasteiger partial charge in [-0.3, -0.25) is 19.3 Å². The normalized spacial score (nSPS) is 21.2. The topological polar surface area (TPSA) is 168 Å². The molecule has 0 saturated carbocycles. The molecule has 4 rings (SSSR count). The summed E-state index contributed by atoms with van der Waals surface area (Å²) in [7, 11) is 1.56. The van der Waals surface area contributed by atoms with Crippen molar-refractivity contribution in [1.29, 1.82) is 0 Å². The van der Waals surface area contributed by atoms with Crippen molar-refractivity contribution in [2.75, 3.05) is 32.5 Å². The van der Waals surface area contributed by atoms with Gasteiger partial charge in [0.15, 0.2) is 0 Å². The number of carboxylic acids is 1. The maximum absolute atomic E-state index is 13.3. The molecule has 196 valence electrons. The number of likely N-dealkylation sites (N-methyl/N-ethyl adjacent to an activating group) is 1. The zero-order valence-corrected chi connectivity index (χ0v) is 23.8. The number of esters is 1. The quantitative estimate of drug-likeness (QED) is 0.193. The van der Waals surface area contributed by atoms with Gasteiger partial charge < -0.3 is 30.2 Å². The van der Waals surface area contributed by atoms with Gasteiger partial charge in [-0.05, 0) is 5.56 Å². The molecule has 3 aliphatic heterocycles. The summed E-state index contributed by atoms with van der Waals surface area (Å²) >= 11 is 1.19. The standard InChI is InChI=1S/C23H25N5O8S.Na/c1-12(29)36-10-14-11-37-20-16(19(31)28(20)17(14)21(32)33)24-18(30)15(13-6-4-3-5-7-13)25-22(34)27-9-8-26(2)23(27)35;/h3-7,15-16,20H,8-11H2,1-2H3,(H,24,30)(H,25,34)(H,32,33);/q;+1/p-1/t15?,16?,20-;/m0./s1. The fourth-order valence-corrected chi connectivity index (χ4v) is 5.52. The van der Waals surface area contributed by atoms with Crippen LogP contribution < -0.4 is 45.3 Å². The van der Waals surface area contributed by atoms with E-state index in [2.05, 4.69) is 10.6 Å². The number of thioether (sulfide) groups is 1. The van der Waals surface area contributed by atoms with Crippen LogP contribution in [0.3, 0.4) is 0 Å². The molecule has 2 fully saturated rings. The molecule has 1 aromatic rings. The van der Waals surface area contributed by atoms with Crippen LogP contribution in [0.15, 0.2) is 41.6 Å². The number of urea groups is 2. The number of aliphatic carboxylic acids is 1. The number of carbonyl (C=O) groups excluding carboxylic acids is 6. The summed E-state index contributed by atoms with van der Waals surface area (Å²) < 4.78 is 4.89. The molecule has 13 nitrogen and oxygen atoms in total. The number of rotatable bonds is 7. The van der Waals surface area contributed by atoms with Crippen molar-refractivity contribution in [2.45, 2.75) is 24.4 Å². The smallest absolute Gasteiger partial charge is 0.543 e. The number of hydrogen-bond acceptors (Lipinski definition) is 9. The first-order valence-corrected chi connectivity index (χ1v) is 12.3. The third-order valence-corrected chi connectivity index (χ3v) is 7.45. The number of carboxylic acid groups (broad SMARTS) is 1. The van der Waals surface area contributed by atoms with E-state index >= 15 is 0 Å². The third kappa shape index (κ3) is 5.82. The van der Waals surface area contributed by atoms with E-state index in [1.165, 1.54) is 23.6 Å². The first-order valence-electron chi connectivity index (χ1n) is 11.3. The molecule has 3 heterocycles. The SMILES string of the molecule is CC(=O)OCC1=C(C(=O)[O-])N2C(=O)C(NC(=O)C(NC(=O)N3CCN(C)C3=O)c3ccccc3)[C@@H]2SC1.[Na+]. The van der Waals surface area contributed by atoms with E-state index in [0.717, 1.165) is 9.80 Å². The minimum absolute atomic E-state index is 0. The van der Waals surface area contributed by atoms with Gasteiger partial charge >= 0.3 is 47.6 Å². The summed E-state index contributed by atoms with van der Waals surface area (Å²) in [6.07, 6.45) is 0. The van der Waals surface area contributed by atoms with E-state index < -0.39 is 53.3 Å². The van der Waals surface area contributed by atoms with Crippen LogP contribution in [0.25, 0.3) is 0 Å². The van der Waals surface area contributed by atoms with Crippen molar-refractivity contribution >= 4 is 47.6 Å². The number of hydrogen-bond donors (Lipinski definition) is 2. The Balaban J connectivity index is 0.00000400. The minimum Gasteiger partial charge on any atom is -0.543 e. The van der Waals surface area contributed by atoms with E-state index in [1.807, 2.05) is 0 Å². The molecular weight excluding hydrogens is 529 g/mol. The van der Waals surface area contributed by atoms with Gasteiger partial charge in [0.05, 0.1) is 11.7 Å². The number of imide groups is 1. The van der Waals surface area contributed by atoms with Gasteiger partial charge in [0.1, 0.15) is 24.1 Å². The number of benzene rings is 1. The summed E-state index contributed by atoms with van der Waals surface area (Å²) in [4.78, 5) is 77.5. The number of fused-ring (bicyclic) bond motifs is 1. The van der Waals surface area contributed by atoms with Crippen molar-refractivity contribution in [3.05, 3.63) is 47.2 Å². The Hall–Kier alpha value is -3.07. The van der Waals surface area contributed by atoms with Crippen LogP contribution in [-0.4, -0.2) is 94.4 Å². The summed E-state index contributed by atoms with van der Waals surface area (Å²) in [6, 6.07) is 4.76. The van der Waals surface area contributed by atoms with Crippen LogP contribution in [0.1, 0.15) is 18.5 Å². The van der Waals surface area contributed by atoms with Crippen molar-refractivity contribution < 1.29 is 68.2 Å². The number of β-lactam (4-membered cyclic amide) rings is 1. The van der Waals surface area contributed by atoms with E-state index in [9.17, 15) is 33.9 Å². The minimum atomic E-state index is -1.60. The molecular formula is C23H24N5NaO8S. The van der Waals surface area contributed by atoms with Crippen LogP contribution in [0, 0.1) is 0 Å². The van der Waals surface area contributed by atoms with Crippen molar-refractivity contribution in [1.82, 2.24) is 25.3 Å². The number of amides is 6. The first kappa shape index (κ1) is 29.5. The van der Waals surface area contributed by atoms with Crippen LogP contribution >= 0.6 is 11.8 Å². The monoisotopic (exact) mass is 553 g/mol. The zero-order valence-electron chi connectivity index (χ0n) is 21.0. The average Bonchev–Trinajstić information content (AvgIpc) is 3.21. The summed E-state index contributed by atoms with van der Waals surface area (Å²) in [6.45, 7) is 1.39. The Morgan fingerprint density at radius 3 is 2.42 bits per heavy atom. The Labute approximate surface area is 244 Å². The van der Waals surface area contributed by atoms with Gasteiger partial charge in [0.25, 0.3) is 5.91 Å². The fraction of sp³-hybridized carbons (Fsp3) is 0.391. The number of nitrogens with one attached hydrogen (secondary N) is 2. The second kappa shape index (κ2) is 12.2. The van der Waals surface area contributed by atoms with Crippen LogP contribution in [0.5, 0.6) is 0 Å². The Morgan fingerprint density at radius 2 is 1.84 bits per heavy atom. The van der Waals surface area contributed by atoms with Gasteiger partial charge in [0.2, 0.25) is 5.91 Å². The second-order valence-electron chi connectivity index (χ2n) is 8.56. The Morgan fingerprint density at radius 1 is 1.16 bits per heavy atom. The summed E-state index contributed by atoms with van der Waals surface area (Å²) in [5, 5.41) is 16.2. The molecule has 0 bridgehead atoms. The van der Waals surface area contributed by atoms with Crippen LogP contribution in [-0.2, 0) is 23.9 Å². The summed E-state index contributed by atoms with van der Waals surface area (Å²) in [5.41, 5.74) is 0.251. The molecule has 3 atom stereocenters. The predicted octanol–water partition coefficient (Wildman–Crippen LogP) is -4.22. The molecule has 2 unspecified atom stereocenters. The third-order valence-electron chi connectivity index (χ3n) is 6.11. The van der Waals surface area contributed by atoms with Crippen molar-refractivity contribution in [2.24, 2.45) is 0 Å². The van der Waals surface area contributed by atoms with Gasteiger partial charge in [-0.25, -0.2) is 14.5 Å². The van der Waals surface area contributed by atoms with Gasteiger partial charge in [-0.15, -0.1) is 11.8 Å². The molecule has 15 heteroatoms. The maximum atomic E-state index is 13.3. The molecule has 0 aliphatic carbocycles. The fourth-order valence-electron chi connectivity index (χ4n) is 4.19. The molecule has 0 aromatic heterocycles. The Kier molecular flexibility index (Phi) is 9.46. The largest absolute Gasteiger partial charge is 1.00 e. The predicted molar refractivity (Wildman–Crippen MR) is 126 cm³/mol. The molecule has 1 aromatic carbocycles. The number of ether oxygens (including phenoxy) is 1. The van der Waals surface area contributed by atoms with E-state index in [4.69, 9.17) is 4.74 Å². The number of nitrogens with zero attached hydrogens (tertiary/aromatic N) is 3. The molecule has 0 radical (unpaired) electrons. The first-order chi connectivity index (χ1) is 17.6. The van der Waals surface area contributed by atoms with E-state index in [0.29, 0.717) is 12.1 Å². The average molecular weight is 554 g/mol. The van der Waals surface area contributed by atoms with Gasteiger partial charge in [0, 0.05) is 38.4 Å². The number of carbonyl (C=O) groups is 6. The summed E-state index contributed by atoms with van der Waals surface area (Å²) in [5.74, 6) is -3.45. The molecule has 2 N–H and O–H groups in total. The molecule has 3 aliphatic rings. The van der Waals surface area contributed by atoms with Gasteiger partial charge in [-0.1, -0.05) is 30.3 Å². The molecule has 0 spiro atoms. The molecule has 6 amide bonds. The van der Waals surface area contributed by atoms with E-state index in [-0.39, 0.29) is 59.7 Å². The Bertz CT molecular complexity index is 1200. The zero-order chi connectivity index (χ0) is 26.9. The molecule has 38 heavy (non-hydrogen) atoms. The molecule has 2 saturated heterocycles. The van der Waals surface area contributed by atoms with Crippen molar-refractivity contribution in [3.8, 4) is 0 Å². The second-order valence-corrected chi connectivity index (χ2v) is 9.67. The van der Waals surface area contributed by atoms with Crippen LogP contribution in [0.4, 0.5) is 9.59 Å². The van der Waals surface area contributed by atoms with Crippen LogP contribution in [0.2, 0.25) is 0 Å².